The van der Waals surface area contributed by atoms with Crippen molar-refractivity contribution in [1.29, 1.82) is 0 Å². The van der Waals surface area contributed by atoms with E-state index in [9.17, 15) is 18.0 Å². The maximum Gasteiger partial charge on any atom is 0.416 e. The highest BCUT2D eigenvalue weighted by atomic mass is 35.5. The standard InChI is InChI=1S/C22H17ClF3N5O2/c1-12-5-6-15(16(8-12)22(24,25)26)13(2)31-11-14(10-28-31)29-21(32)18-9-19(33-30-18)20-17(23)4-3-7-27-20/h3-11,13H,1-2H3,(H,29,32). The molecule has 7 nitrogen and oxygen atoms in total. The van der Waals surface area contributed by atoms with Crippen LogP contribution in [0.25, 0.3) is 11.5 Å². The summed E-state index contributed by atoms with van der Waals surface area (Å²) in [5, 5.41) is 10.8. The van der Waals surface area contributed by atoms with E-state index in [1.165, 1.54) is 35.4 Å². The molecule has 0 aliphatic rings. The summed E-state index contributed by atoms with van der Waals surface area (Å²) in [7, 11) is 0. The van der Waals surface area contributed by atoms with Gasteiger partial charge in [-0.05, 0) is 37.6 Å². The molecule has 0 aliphatic carbocycles. The van der Waals surface area contributed by atoms with Crippen molar-refractivity contribution in [1.82, 2.24) is 19.9 Å². The second-order valence-electron chi connectivity index (χ2n) is 7.34. The number of carbonyl (C=O) groups is 1. The minimum absolute atomic E-state index is 0.0228. The lowest BCUT2D eigenvalue weighted by Crippen LogP contribution is -2.16. The van der Waals surface area contributed by atoms with Gasteiger partial charge in [-0.15, -0.1) is 0 Å². The van der Waals surface area contributed by atoms with Crippen molar-refractivity contribution in [2.45, 2.75) is 26.1 Å². The maximum atomic E-state index is 13.5. The lowest BCUT2D eigenvalue weighted by atomic mass is 9.99. The van der Waals surface area contributed by atoms with Crippen molar-refractivity contribution in [3.63, 3.8) is 0 Å². The molecule has 11 heteroatoms. The third-order valence-corrected chi connectivity index (χ3v) is 5.26. The Hall–Kier alpha value is -3.66. The van der Waals surface area contributed by atoms with Gasteiger partial charge in [0.2, 0.25) is 0 Å². The molecule has 0 saturated heterocycles. The van der Waals surface area contributed by atoms with Gasteiger partial charge < -0.3 is 9.84 Å². The molecule has 1 atom stereocenters. The fourth-order valence-electron chi connectivity index (χ4n) is 3.29. The minimum Gasteiger partial charge on any atom is -0.354 e. The van der Waals surface area contributed by atoms with Crippen molar-refractivity contribution in [3.8, 4) is 11.5 Å². The number of nitrogens with one attached hydrogen (secondary N) is 1. The van der Waals surface area contributed by atoms with E-state index in [0.29, 0.717) is 16.3 Å². The molecular weight excluding hydrogens is 459 g/mol. The van der Waals surface area contributed by atoms with Gasteiger partial charge in [0.05, 0.1) is 28.5 Å². The molecule has 0 spiro atoms. The molecular formula is C22H17ClF3N5O2. The number of aryl methyl sites for hydroxylation is 1. The van der Waals surface area contributed by atoms with Crippen molar-refractivity contribution < 1.29 is 22.5 Å². The van der Waals surface area contributed by atoms with E-state index in [0.717, 1.165) is 6.07 Å². The van der Waals surface area contributed by atoms with Crippen LogP contribution in [-0.4, -0.2) is 25.8 Å². The summed E-state index contributed by atoms with van der Waals surface area (Å²) in [6.07, 6.45) is -0.191. The SMILES string of the molecule is Cc1ccc(C(C)n2cc(NC(=O)c3cc(-c4ncccc4Cl)on3)cn2)c(C(F)(F)F)c1. The number of hydrogen-bond donors (Lipinski definition) is 1. The van der Waals surface area contributed by atoms with Crippen molar-refractivity contribution in [3.05, 3.63) is 82.4 Å². The van der Waals surface area contributed by atoms with Crippen LogP contribution in [0.5, 0.6) is 0 Å². The van der Waals surface area contributed by atoms with E-state index in [1.54, 1.807) is 32.0 Å². The number of nitrogens with zero attached hydrogens (tertiary/aromatic N) is 4. The van der Waals surface area contributed by atoms with E-state index in [-0.39, 0.29) is 22.7 Å². The molecule has 170 valence electrons. The molecule has 33 heavy (non-hydrogen) atoms. The predicted molar refractivity (Wildman–Crippen MR) is 115 cm³/mol. The zero-order valence-corrected chi connectivity index (χ0v) is 18.1. The van der Waals surface area contributed by atoms with Crippen LogP contribution < -0.4 is 5.32 Å². The number of benzene rings is 1. The summed E-state index contributed by atoms with van der Waals surface area (Å²) in [6, 6.07) is 8.10. The molecule has 1 N–H and O–H groups in total. The van der Waals surface area contributed by atoms with Gasteiger partial charge in [0.25, 0.3) is 5.91 Å². The summed E-state index contributed by atoms with van der Waals surface area (Å²) in [5.41, 5.74) is 0.455. The Morgan fingerprint density at radius 1 is 1.24 bits per heavy atom. The number of anilines is 1. The second kappa shape index (κ2) is 8.70. The number of rotatable bonds is 5. The van der Waals surface area contributed by atoms with E-state index in [1.807, 2.05) is 0 Å². The average Bonchev–Trinajstić information content (AvgIpc) is 3.43. The molecule has 0 bridgehead atoms. The molecule has 0 aliphatic heterocycles. The van der Waals surface area contributed by atoms with Crippen LogP contribution in [0.2, 0.25) is 5.02 Å². The van der Waals surface area contributed by atoms with Crippen LogP contribution in [0.4, 0.5) is 18.9 Å². The van der Waals surface area contributed by atoms with Gasteiger partial charge in [0.15, 0.2) is 11.5 Å². The Labute approximate surface area is 191 Å². The number of hydrogen-bond acceptors (Lipinski definition) is 5. The summed E-state index contributed by atoms with van der Waals surface area (Å²) in [5.74, 6) is -0.371. The van der Waals surface area contributed by atoms with Crippen LogP contribution in [0.3, 0.4) is 0 Å². The summed E-state index contributed by atoms with van der Waals surface area (Å²) in [6.45, 7) is 3.20. The van der Waals surface area contributed by atoms with E-state index < -0.39 is 23.7 Å². The number of carbonyl (C=O) groups excluding carboxylic acids is 1. The quantitative estimate of drug-likeness (QED) is 0.395. The fourth-order valence-corrected chi connectivity index (χ4v) is 3.51. The molecule has 0 fully saturated rings. The summed E-state index contributed by atoms with van der Waals surface area (Å²) >= 11 is 6.08. The molecule has 0 saturated carbocycles. The lowest BCUT2D eigenvalue weighted by molar-refractivity contribution is -0.138. The van der Waals surface area contributed by atoms with Crippen molar-refractivity contribution >= 4 is 23.2 Å². The molecule has 3 aromatic heterocycles. The second-order valence-corrected chi connectivity index (χ2v) is 7.75. The normalized spacial score (nSPS) is 12.5. The van der Waals surface area contributed by atoms with Crippen LogP contribution in [0, 0.1) is 6.92 Å². The van der Waals surface area contributed by atoms with Crippen molar-refractivity contribution in [2.75, 3.05) is 5.32 Å². The highest BCUT2D eigenvalue weighted by molar-refractivity contribution is 6.32. The van der Waals surface area contributed by atoms with Crippen molar-refractivity contribution in [2.24, 2.45) is 0 Å². The van der Waals surface area contributed by atoms with Gasteiger partial charge in [-0.25, -0.2) is 0 Å². The number of alkyl halides is 3. The first kappa shape index (κ1) is 22.5. The third kappa shape index (κ3) is 4.75. The smallest absolute Gasteiger partial charge is 0.354 e. The Kier molecular flexibility index (Phi) is 5.94. The first-order chi connectivity index (χ1) is 15.6. The number of aromatic nitrogens is 4. The largest absolute Gasteiger partial charge is 0.416 e. The maximum absolute atomic E-state index is 13.5. The molecule has 4 rings (SSSR count). The number of pyridine rings is 1. The predicted octanol–water partition coefficient (Wildman–Crippen LogP) is 5.78. The van der Waals surface area contributed by atoms with Gasteiger partial charge in [-0.3, -0.25) is 14.5 Å². The molecule has 0 radical (unpaired) electrons. The van der Waals surface area contributed by atoms with Crippen LogP contribution in [0.15, 0.2) is 59.5 Å². The van der Waals surface area contributed by atoms with Gasteiger partial charge in [-0.1, -0.05) is 34.5 Å². The highest BCUT2D eigenvalue weighted by Gasteiger charge is 2.35. The molecule has 3 heterocycles. The first-order valence-corrected chi connectivity index (χ1v) is 10.1. The third-order valence-electron chi connectivity index (χ3n) is 4.96. The first-order valence-electron chi connectivity index (χ1n) is 9.74. The van der Waals surface area contributed by atoms with Crippen LogP contribution in [0.1, 0.15) is 40.1 Å². The zero-order chi connectivity index (χ0) is 23.8. The van der Waals surface area contributed by atoms with Gasteiger partial charge in [0, 0.05) is 18.5 Å². The minimum atomic E-state index is -4.50. The molecule has 4 aromatic rings. The monoisotopic (exact) mass is 475 g/mol. The topological polar surface area (TPSA) is 85.8 Å². The van der Waals surface area contributed by atoms with Gasteiger partial charge in [0.1, 0.15) is 5.69 Å². The summed E-state index contributed by atoms with van der Waals surface area (Å²) < 4.78 is 47.0. The van der Waals surface area contributed by atoms with Gasteiger partial charge in [-0.2, -0.15) is 18.3 Å². The molecule has 1 amide bonds. The summed E-state index contributed by atoms with van der Waals surface area (Å²) in [4.78, 5) is 16.6. The lowest BCUT2D eigenvalue weighted by Gasteiger charge is -2.19. The molecule has 1 aromatic carbocycles. The zero-order valence-electron chi connectivity index (χ0n) is 17.4. The number of amides is 1. The number of halogens is 4. The van der Waals surface area contributed by atoms with E-state index >= 15 is 0 Å². The van der Waals surface area contributed by atoms with Crippen LogP contribution in [-0.2, 0) is 6.18 Å². The van der Waals surface area contributed by atoms with Gasteiger partial charge >= 0.3 is 6.18 Å². The fraction of sp³-hybridized carbons (Fsp3) is 0.182. The Bertz CT molecular complexity index is 1320. The Balaban J connectivity index is 1.52. The van der Waals surface area contributed by atoms with Crippen LogP contribution >= 0.6 is 11.6 Å². The Morgan fingerprint density at radius 2 is 2.03 bits per heavy atom. The average molecular weight is 476 g/mol. The Morgan fingerprint density at radius 3 is 2.76 bits per heavy atom. The molecule has 1 unspecified atom stereocenters. The highest BCUT2D eigenvalue weighted by Crippen LogP contribution is 2.36. The van der Waals surface area contributed by atoms with E-state index in [4.69, 9.17) is 16.1 Å². The van der Waals surface area contributed by atoms with E-state index in [2.05, 4.69) is 20.6 Å².